The Kier molecular flexibility index (Phi) is 5.83. The van der Waals surface area contributed by atoms with Crippen LogP contribution in [0.1, 0.15) is 32.3 Å². The molecule has 0 aliphatic carbocycles. The van der Waals surface area contributed by atoms with Crippen molar-refractivity contribution in [1.29, 1.82) is 0 Å². The maximum atomic E-state index is 12.3. The van der Waals surface area contributed by atoms with Crippen LogP contribution in [0.2, 0.25) is 0 Å². The zero-order valence-corrected chi connectivity index (χ0v) is 15.5. The molecule has 7 heteroatoms. The fraction of sp³-hybridized carbons (Fsp3) is 0.263. The Balaban J connectivity index is 1.59. The second-order valence-electron chi connectivity index (χ2n) is 6.12. The first-order valence-corrected chi connectivity index (χ1v) is 9.03. The van der Waals surface area contributed by atoms with Crippen molar-refractivity contribution in [3.63, 3.8) is 0 Å². The molecule has 0 saturated carbocycles. The lowest BCUT2D eigenvalue weighted by atomic mass is 10.1. The normalized spacial score (nSPS) is 15.9. The Labute approximate surface area is 159 Å². The summed E-state index contributed by atoms with van der Waals surface area (Å²) < 4.78 is 0.934. The molecule has 2 aromatic rings. The molecule has 2 aromatic carbocycles. The van der Waals surface area contributed by atoms with E-state index in [-0.39, 0.29) is 25.7 Å². The van der Waals surface area contributed by atoms with Crippen LogP contribution < -0.4 is 5.32 Å². The van der Waals surface area contributed by atoms with Gasteiger partial charge in [0, 0.05) is 11.0 Å². The molecule has 136 valence electrons. The smallest absolute Gasteiger partial charge is 0.261 e. The van der Waals surface area contributed by atoms with Gasteiger partial charge in [0.1, 0.15) is 0 Å². The van der Waals surface area contributed by atoms with Crippen molar-refractivity contribution < 1.29 is 19.8 Å². The lowest BCUT2D eigenvalue weighted by Crippen LogP contribution is -2.42. The van der Waals surface area contributed by atoms with E-state index >= 15 is 0 Å². The van der Waals surface area contributed by atoms with Crippen molar-refractivity contribution in [2.24, 2.45) is 0 Å². The number of fused-ring (bicyclic) bond motifs is 1. The van der Waals surface area contributed by atoms with Crippen molar-refractivity contribution in [3.8, 4) is 0 Å². The second kappa shape index (κ2) is 8.09. The molecule has 26 heavy (non-hydrogen) atoms. The number of rotatable bonds is 7. The highest BCUT2D eigenvalue weighted by Gasteiger charge is 2.36. The van der Waals surface area contributed by atoms with Gasteiger partial charge in [0.05, 0.1) is 36.4 Å². The molecule has 3 rings (SSSR count). The van der Waals surface area contributed by atoms with Crippen molar-refractivity contribution in [1.82, 2.24) is 10.2 Å². The van der Waals surface area contributed by atoms with E-state index in [1.165, 1.54) is 0 Å². The number of hydrogen-bond acceptors (Lipinski definition) is 5. The molecular weight excluding hydrogens is 400 g/mol. The summed E-state index contributed by atoms with van der Waals surface area (Å²) >= 11 is 3.36. The molecule has 1 aliphatic heterocycles. The molecular formula is C19H19BrN2O4. The molecule has 2 atom stereocenters. The van der Waals surface area contributed by atoms with E-state index in [4.69, 9.17) is 0 Å². The Morgan fingerprint density at radius 2 is 1.58 bits per heavy atom. The standard InChI is InChI=1S/C19H19BrN2O4/c20-13-7-5-12(6-8-13)17(11-23)21-9-14(24)10-22-18(25)15-3-1-2-4-16(15)19(22)26/h1-8,14,17,21,23-24H,9-11H2. The first kappa shape index (κ1) is 18.7. The Bertz CT molecular complexity index is 774. The molecule has 1 aliphatic rings. The number of halogens is 1. The number of aliphatic hydroxyl groups excluding tert-OH is 2. The Hall–Kier alpha value is -2.06. The molecule has 1 heterocycles. The molecule has 0 bridgehead atoms. The van der Waals surface area contributed by atoms with E-state index in [1.54, 1.807) is 24.3 Å². The van der Waals surface area contributed by atoms with Gasteiger partial charge >= 0.3 is 0 Å². The quantitative estimate of drug-likeness (QED) is 0.595. The summed E-state index contributed by atoms with van der Waals surface area (Å²) in [5, 5.41) is 22.9. The van der Waals surface area contributed by atoms with Gasteiger partial charge in [-0.2, -0.15) is 0 Å². The SMILES string of the molecule is O=C1c2ccccc2C(=O)N1CC(O)CNC(CO)c1ccc(Br)cc1. The third-order valence-corrected chi connectivity index (χ3v) is 4.85. The summed E-state index contributed by atoms with van der Waals surface area (Å²) in [4.78, 5) is 25.7. The zero-order chi connectivity index (χ0) is 18.7. The van der Waals surface area contributed by atoms with Crippen molar-refractivity contribution >= 4 is 27.7 Å². The minimum absolute atomic E-state index is 0.0994. The van der Waals surface area contributed by atoms with Crippen LogP contribution in [-0.4, -0.2) is 52.7 Å². The molecule has 0 aromatic heterocycles. The van der Waals surface area contributed by atoms with Crippen LogP contribution in [-0.2, 0) is 0 Å². The topological polar surface area (TPSA) is 89.9 Å². The highest BCUT2D eigenvalue weighted by Crippen LogP contribution is 2.22. The third-order valence-electron chi connectivity index (χ3n) is 4.33. The van der Waals surface area contributed by atoms with Gasteiger partial charge < -0.3 is 15.5 Å². The Morgan fingerprint density at radius 1 is 1.00 bits per heavy atom. The molecule has 2 unspecified atom stereocenters. The summed E-state index contributed by atoms with van der Waals surface area (Å²) in [6, 6.07) is 13.8. The van der Waals surface area contributed by atoms with Crippen molar-refractivity contribution in [2.75, 3.05) is 19.7 Å². The van der Waals surface area contributed by atoms with E-state index in [2.05, 4.69) is 21.2 Å². The van der Waals surface area contributed by atoms with E-state index < -0.39 is 17.9 Å². The van der Waals surface area contributed by atoms with Crippen LogP contribution in [0.5, 0.6) is 0 Å². The van der Waals surface area contributed by atoms with Gasteiger partial charge in [-0.15, -0.1) is 0 Å². The monoisotopic (exact) mass is 418 g/mol. The summed E-state index contributed by atoms with van der Waals surface area (Å²) in [7, 11) is 0. The highest BCUT2D eigenvalue weighted by atomic mass is 79.9. The lowest BCUT2D eigenvalue weighted by Gasteiger charge is -2.22. The highest BCUT2D eigenvalue weighted by molar-refractivity contribution is 9.10. The van der Waals surface area contributed by atoms with Gasteiger partial charge in [0.2, 0.25) is 0 Å². The molecule has 3 N–H and O–H groups in total. The van der Waals surface area contributed by atoms with Crippen molar-refractivity contribution in [2.45, 2.75) is 12.1 Å². The maximum Gasteiger partial charge on any atom is 0.261 e. The molecule has 0 saturated heterocycles. The largest absolute Gasteiger partial charge is 0.394 e. The molecule has 6 nitrogen and oxygen atoms in total. The fourth-order valence-electron chi connectivity index (χ4n) is 2.94. The predicted octanol–water partition coefficient (Wildman–Crippen LogP) is 1.73. The number of nitrogens with zero attached hydrogens (tertiary/aromatic N) is 1. The van der Waals surface area contributed by atoms with E-state index in [0.29, 0.717) is 11.1 Å². The fourth-order valence-corrected chi connectivity index (χ4v) is 3.21. The summed E-state index contributed by atoms with van der Waals surface area (Å²) in [6.45, 7) is -0.103. The number of amides is 2. The van der Waals surface area contributed by atoms with Gasteiger partial charge in [0.25, 0.3) is 11.8 Å². The number of aliphatic hydroxyl groups is 2. The molecule has 0 radical (unpaired) electrons. The number of benzene rings is 2. The zero-order valence-electron chi connectivity index (χ0n) is 13.9. The van der Waals surface area contributed by atoms with Gasteiger partial charge in [-0.25, -0.2) is 0 Å². The van der Waals surface area contributed by atoms with E-state index in [0.717, 1.165) is 14.9 Å². The van der Waals surface area contributed by atoms with Crippen LogP contribution in [0, 0.1) is 0 Å². The van der Waals surface area contributed by atoms with Crippen LogP contribution in [0.15, 0.2) is 53.0 Å². The number of imide groups is 1. The number of nitrogens with one attached hydrogen (secondary N) is 1. The number of β-amino-alcohol motifs (C(OH)–C–C–N with tert-alkyl or cyclic N) is 1. The molecule has 0 spiro atoms. The number of hydrogen-bond donors (Lipinski definition) is 3. The Morgan fingerprint density at radius 3 is 2.12 bits per heavy atom. The van der Waals surface area contributed by atoms with Crippen LogP contribution in [0.4, 0.5) is 0 Å². The van der Waals surface area contributed by atoms with E-state index in [9.17, 15) is 19.8 Å². The minimum Gasteiger partial charge on any atom is -0.394 e. The average molecular weight is 419 g/mol. The first-order chi connectivity index (χ1) is 12.5. The van der Waals surface area contributed by atoms with E-state index in [1.807, 2.05) is 24.3 Å². The van der Waals surface area contributed by atoms with Crippen LogP contribution in [0.3, 0.4) is 0 Å². The second-order valence-corrected chi connectivity index (χ2v) is 7.03. The number of carbonyl (C=O) groups excluding carboxylic acids is 2. The van der Waals surface area contributed by atoms with Gasteiger partial charge in [-0.1, -0.05) is 40.2 Å². The minimum atomic E-state index is -0.943. The predicted molar refractivity (Wildman–Crippen MR) is 99.8 cm³/mol. The summed E-state index contributed by atoms with van der Waals surface area (Å²) in [5.74, 6) is -0.785. The van der Waals surface area contributed by atoms with Gasteiger partial charge in [0.15, 0.2) is 0 Å². The summed E-state index contributed by atoms with van der Waals surface area (Å²) in [6.07, 6.45) is -0.943. The van der Waals surface area contributed by atoms with Gasteiger partial charge in [-0.05, 0) is 29.8 Å². The van der Waals surface area contributed by atoms with Crippen molar-refractivity contribution in [3.05, 3.63) is 69.7 Å². The number of carbonyl (C=O) groups is 2. The molecule has 2 amide bonds. The van der Waals surface area contributed by atoms with Crippen LogP contribution >= 0.6 is 15.9 Å². The summed E-state index contributed by atoms with van der Waals surface area (Å²) in [5.41, 5.74) is 1.60. The average Bonchev–Trinajstić information content (AvgIpc) is 2.89. The maximum absolute atomic E-state index is 12.3. The van der Waals surface area contributed by atoms with Gasteiger partial charge in [-0.3, -0.25) is 14.5 Å². The first-order valence-electron chi connectivity index (χ1n) is 8.24. The van der Waals surface area contributed by atoms with Crippen LogP contribution in [0.25, 0.3) is 0 Å². The third kappa shape index (κ3) is 3.86. The lowest BCUT2D eigenvalue weighted by molar-refractivity contribution is 0.0536. The molecule has 0 fully saturated rings.